The molecule has 0 spiro atoms. The summed E-state index contributed by atoms with van der Waals surface area (Å²) in [6, 6.07) is 17.7. The van der Waals surface area contributed by atoms with Crippen LogP contribution in [0.3, 0.4) is 0 Å². The molecule has 5 heteroatoms. The first-order valence-electron chi connectivity index (χ1n) is 7.34. The van der Waals surface area contributed by atoms with Crippen molar-refractivity contribution in [2.75, 3.05) is 26.0 Å². The van der Waals surface area contributed by atoms with E-state index in [1.54, 1.807) is 7.11 Å². The van der Waals surface area contributed by atoms with E-state index in [1.807, 2.05) is 49.5 Å². The number of ether oxygens (including phenoxy) is 1. The van der Waals surface area contributed by atoms with Crippen LogP contribution in [-0.4, -0.2) is 31.5 Å². The normalized spacial score (nSPS) is 10.0. The Bertz CT molecular complexity index is 605. The molecular weight excluding hydrogens is 312 g/mol. The third-order valence-corrected chi connectivity index (χ3v) is 3.40. The molecule has 2 rings (SSSR count). The molecule has 1 N–H and O–H groups in total. The van der Waals surface area contributed by atoms with Crippen LogP contribution in [0.5, 0.6) is 5.75 Å². The van der Waals surface area contributed by atoms with Crippen molar-refractivity contribution in [3.63, 3.8) is 0 Å². The Morgan fingerprint density at radius 2 is 1.74 bits per heavy atom. The quantitative estimate of drug-likeness (QED) is 0.841. The van der Waals surface area contributed by atoms with Crippen molar-refractivity contribution in [1.29, 1.82) is 0 Å². The number of nitrogens with one attached hydrogen (secondary N) is 1. The monoisotopic (exact) mass is 334 g/mol. The first-order valence-corrected chi connectivity index (χ1v) is 7.34. The van der Waals surface area contributed by atoms with E-state index < -0.39 is 0 Å². The van der Waals surface area contributed by atoms with Gasteiger partial charge in [0.1, 0.15) is 5.75 Å². The fourth-order valence-electron chi connectivity index (χ4n) is 2.23. The predicted octanol–water partition coefficient (Wildman–Crippen LogP) is 3.58. The molecule has 0 bridgehead atoms. The van der Waals surface area contributed by atoms with Gasteiger partial charge in [-0.05, 0) is 24.7 Å². The number of halogens is 1. The molecule has 0 aliphatic heterocycles. The molecule has 0 heterocycles. The number of benzene rings is 2. The van der Waals surface area contributed by atoms with Crippen molar-refractivity contribution in [2.24, 2.45) is 0 Å². The van der Waals surface area contributed by atoms with Gasteiger partial charge in [0.15, 0.2) is 0 Å². The molecule has 0 saturated carbocycles. The average Bonchev–Trinajstić information content (AvgIpc) is 2.54. The maximum absolute atomic E-state index is 12.0. The van der Waals surface area contributed by atoms with Crippen molar-refractivity contribution in [2.45, 2.75) is 13.0 Å². The summed E-state index contributed by atoms with van der Waals surface area (Å²) in [4.78, 5) is 14.2. The third kappa shape index (κ3) is 6.30. The number of para-hydroxylation sites is 2. The molecule has 1 amide bonds. The second-order valence-corrected chi connectivity index (χ2v) is 5.22. The van der Waals surface area contributed by atoms with Crippen molar-refractivity contribution in [1.82, 2.24) is 4.90 Å². The number of amides is 1. The molecule has 0 fully saturated rings. The van der Waals surface area contributed by atoms with Gasteiger partial charge in [0.2, 0.25) is 5.91 Å². The second kappa shape index (κ2) is 9.87. The molecular formula is C18H23ClN2O2. The van der Waals surface area contributed by atoms with Gasteiger partial charge in [0, 0.05) is 19.5 Å². The van der Waals surface area contributed by atoms with E-state index in [-0.39, 0.29) is 18.3 Å². The van der Waals surface area contributed by atoms with Crippen LogP contribution in [0.2, 0.25) is 0 Å². The summed E-state index contributed by atoms with van der Waals surface area (Å²) < 4.78 is 5.23. The molecule has 0 saturated heterocycles. The highest BCUT2D eigenvalue weighted by molar-refractivity contribution is 5.92. The Morgan fingerprint density at radius 3 is 2.43 bits per heavy atom. The highest BCUT2D eigenvalue weighted by Crippen LogP contribution is 2.23. The van der Waals surface area contributed by atoms with Crippen LogP contribution in [0, 0.1) is 0 Å². The Hall–Kier alpha value is -2.04. The van der Waals surface area contributed by atoms with Crippen molar-refractivity contribution in [3.8, 4) is 5.75 Å². The van der Waals surface area contributed by atoms with Gasteiger partial charge >= 0.3 is 0 Å². The summed E-state index contributed by atoms with van der Waals surface area (Å²) in [5, 5.41) is 2.89. The molecule has 2 aromatic carbocycles. The van der Waals surface area contributed by atoms with Crippen LogP contribution in [0.15, 0.2) is 54.6 Å². The highest BCUT2D eigenvalue weighted by atomic mass is 35.5. The Balaban J connectivity index is 0.00000264. The van der Waals surface area contributed by atoms with E-state index in [4.69, 9.17) is 4.74 Å². The number of anilines is 1. The van der Waals surface area contributed by atoms with E-state index in [1.165, 1.54) is 5.56 Å². The summed E-state index contributed by atoms with van der Waals surface area (Å²) in [6.45, 7) is 1.54. The molecule has 0 atom stereocenters. The minimum absolute atomic E-state index is 0. The standard InChI is InChI=1S/C18H22N2O2.ClH/c1-20(14-15-8-4-3-5-9-15)13-12-18(21)19-16-10-6-7-11-17(16)22-2;/h3-11H,12-14H2,1-2H3,(H,19,21);1H. The zero-order valence-corrected chi connectivity index (χ0v) is 14.3. The number of rotatable bonds is 7. The lowest BCUT2D eigenvalue weighted by Crippen LogP contribution is -2.24. The lowest BCUT2D eigenvalue weighted by atomic mass is 10.2. The largest absolute Gasteiger partial charge is 0.495 e. The lowest BCUT2D eigenvalue weighted by Gasteiger charge is -2.16. The van der Waals surface area contributed by atoms with E-state index in [0.717, 1.165) is 6.54 Å². The van der Waals surface area contributed by atoms with Gasteiger partial charge in [0.25, 0.3) is 0 Å². The topological polar surface area (TPSA) is 41.6 Å². The fourth-order valence-corrected chi connectivity index (χ4v) is 2.23. The number of hydrogen-bond donors (Lipinski definition) is 1. The minimum Gasteiger partial charge on any atom is -0.495 e. The van der Waals surface area contributed by atoms with Gasteiger partial charge in [-0.2, -0.15) is 0 Å². The molecule has 0 aromatic heterocycles. The minimum atomic E-state index is -0.00980. The van der Waals surface area contributed by atoms with E-state index in [0.29, 0.717) is 24.4 Å². The Morgan fingerprint density at radius 1 is 1.09 bits per heavy atom. The molecule has 0 aliphatic carbocycles. The summed E-state index contributed by atoms with van der Waals surface area (Å²) in [6.07, 6.45) is 0.446. The summed E-state index contributed by atoms with van der Waals surface area (Å²) >= 11 is 0. The molecule has 0 radical (unpaired) electrons. The molecule has 2 aromatic rings. The smallest absolute Gasteiger partial charge is 0.225 e. The fraction of sp³-hybridized carbons (Fsp3) is 0.278. The van der Waals surface area contributed by atoms with Gasteiger partial charge in [-0.15, -0.1) is 12.4 Å². The molecule has 0 aliphatic rings. The first kappa shape index (κ1) is 19.0. The Labute approximate surface area is 143 Å². The maximum Gasteiger partial charge on any atom is 0.225 e. The predicted molar refractivity (Wildman–Crippen MR) is 96.3 cm³/mol. The van der Waals surface area contributed by atoms with Crippen molar-refractivity contribution in [3.05, 3.63) is 60.2 Å². The number of methoxy groups -OCH3 is 1. The van der Waals surface area contributed by atoms with Gasteiger partial charge in [-0.25, -0.2) is 0 Å². The first-order chi connectivity index (χ1) is 10.7. The van der Waals surface area contributed by atoms with Crippen molar-refractivity contribution >= 4 is 24.0 Å². The summed E-state index contributed by atoms with van der Waals surface area (Å²) in [7, 11) is 3.61. The van der Waals surface area contributed by atoms with Gasteiger partial charge in [-0.3, -0.25) is 4.79 Å². The molecule has 23 heavy (non-hydrogen) atoms. The lowest BCUT2D eigenvalue weighted by molar-refractivity contribution is -0.116. The third-order valence-electron chi connectivity index (χ3n) is 3.40. The van der Waals surface area contributed by atoms with Crippen LogP contribution >= 0.6 is 12.4 Å². The molecule has 0 unspecified atom stereocenters. The van der Waals surface area contributed by atoms with E-state index >= 15 is 0 Å². The van der Waals surface area contributed by atoms with Crippen LogP contribution in [0.1, 0.15) is 12.0 Å². The average molecular weight is 335 g/mol. The maximum atomic E-state index is 12.0. The SMILES string of the molecule is COc1ccccc1NC(=O)CCN(C)Cc1ccccc1.Cl. The van der Waals surface area contributed by atoms with Crippen LogP contribution < -0.4 is 10.1 Å². The van der Waals surface area contributed by atoms with E-state index in [2.05, 4.69) is 22.3 Å². The number of carbonyl (C=O) groups is 1. The molecule has 4 nitrogen and oxygen atoms in total. The van der Waals surface area contributed by atoms with Gasteiger partial charge in [-0.1, -0.05) is 42.5 Å². The van der Waals surface area contributed by atoms with Crippen LogP contribution in [0.25, 0.3) is 0 Å². The second-order valence-electron chi connectivity index (χ2n) is 5.22. The number of nitrogens with zero attached hydrogens (tertiary/aromatic N) is 1. The van der Waals surface area contributed by atoms with E-state index in [9.17, 15) is 4.79 Å². The number of carbonyl (C=O) groups excluding carboxylic acids is 1. The summed E-state index contributed by atoms with van der Waals surface area (Å²) in [5.74, 6) is 0.665. The summed E-state index contributed by atoms with van der Waals surface area (Å²) in [5.41, 5.74) is 1.95. The van der Waals surface area contributed by atoms with Gasteiger partial charge in [0.05, 0.1) is 12.8 Å². The number of hydrogen-bond acceptors (Lipinski definition) is 3. The van der Waals surface area contributed by atoms with Crippen LogP contribution in [0.4, 0.5) is 5.69 Å². The zero-order valence-electron chi connectivity index (χ0n) is 13.5. The van der Waals surface area contributed by atoms with Crippen molar-refractivity contribution < 1.29 is 9.53 Å². The molecule has 124 valence electrons. The zero-order chi connectivity index (χ0) is 15.8. The van der Waals surface area contributed by atoms with Gasteiger partial charge < -0.3 is 15.0 Å². The Kier molecular flexibility index (Phi) is 8.16. The van der Waals surface area contributed by atoms with Crippen LogP contribution in [-0.2, 0) is 11.3 Å². The highest BCUT2D eigenvalue weighted by Gasteiger charge is 2.08.